The molecule has 0 bridgehead atoms. The lowest BCUT2D eigenvalue weighted by atomic mass is 9.98. The van der Waals surface area contributed by atoms with Crippen molar-refractivity contribution in [2.24, 2.45) is 0 Å². The van der Waals surface area contributed by atoms with Gasteiger partial charge >= 0.3 is 6.09 Å². The maximum absolute atomic E-state index is 12.3. The molecule has 32 heavy (non-hydrogen) atoms. The number of ether oxygens (including phenoxy) is 1. The lowest BCUT2D eigenvalue weighted by Gasteiger charge is -2.14. The molecule has 0 saturated heterocycles. The van der Waals surface area contributed by atoms with Gasteiger partial charge in [0, 0.05) is 12.5 Å². The second-order valence-corrected chi connectivity index (χ2v) is 7.90. The Labute approximate surface area is 186 Å². The molecule has 0 spiro atoms. The second kappa shape index (κ2) is 8.60. The topological polar surface area (TPSA) is 58.6 Å². The molecule has 0 aliphatic heterocycles. The number of amides is 1. The minimum atomic E-state index is -0.431. The first kappa shape index (κ1) is 19.9. The first-order chi connectivity index (χ1) is 15.7. The molecule has 158 valence electrons. The fourth-order valence-corrected chi connectivity index (χ4v) is 4.34. The minimum absolute atomic E-state index is 0.0534. The van der Waals surface area contributed by atoms with Crippen molar-refractivity contribution < 1.29 is 14.6 Å². The van der Waals surface area contributed by atoms with E-state index in [-0.39, 0.29) is 11.7 Å². The van der Waals surface area contributed by atoms with Gasteiger partial charge in [-0.25, -0.2) is 4.79 Å². The monoisotopic (exact) mass is 421 g/mol. The third-order valence-electron chi connectivity index (χ3n) is 5.87. The summed E-state index contributed by atoms with van der Waals surface area (Å²) >= 11 is 0. The molecule has 1 aliphatic carbocycles. The number of carbonyl (C=O) groups excluding carboxylic acids is 1. The SMILES string of the molecule is O=C(NCC=Cc1ccc2ccc(O)cc2c1)OCC1c2ccccc2-c2ccccc21. The molecule has 1 aliphatic rings. The third-order valence-corrected chi connectivity index (χ3v) is 5.87. The number of phenolic OH excluding ortho intramolecular Hbond substituents is 1. The summed E-state index contributed by atoms with van der Waals surface area (Å²) in [5.74, 6) is 0.299. The summed E-state index contributed by atoms with van der Waals surface area (Å²) in [6, 6.07) is 27.9. The van der Waals surface area contributed by atoms with Gasteiger partial charge in [0.1, 0.15) is 12.4 Å². The summed E-state index contributed by atoms with van der Waals surface area (Å²) in [7, 11) is 0. The van der Waals surface area contributed by atoms with Gasteiger partial charge < -0.3 is 15.2 Å². The molecule has 4 aromatic carbocycles. The van der Waals surface area contributed by atoms with Gasteiger partial charge in [0.15, 0.2) is 0 Å². The molecule has 0 radical (unpaired) electrons. The number of carbonyl (C=O) groups is 1. The molecule has 0 atom stereocenters. The quantitative estimate of drug-likeness (QED) is 0.409. The van der Waals surface area contributed by atoms with Crippen LogP contribution in [0.3, 0.4) is 0 Å². The number of nitrogens with one attached hydrogen (secondary N) is 1. The normalized spacial score (nSPS) is 12.6. The highest BCUT2D eigenvalue weighted by molar-refractivity contribution is 5.86. The molecule has 2 N–H and O–H groups in total. The van der Waals surface area contributed by atoms with E-state index in [1.807, 2.05) is 60.7 Å². The number of hydrogen-bond donors (Lipinski definition) is 2. The number of hydrogen-bond acceptors (Lipinski definition) is 3. The zero-order valence-electron chi connectivity index (χ0n) is 17.5. The fourth-order valence-electron chi connectivity index (χ4n) is 4.34. The van der Waals surface area contributed by atoms with Crippen LogP contribution in [0, 0.1) is 0 Å². The van der Waals surface area contributed by atoms with Crippen molar-refractivity contribution in [3.63, 3.8) is 0 Å². The van der Waals surface area contributed by atoms with E-state index >= 15 is 0 Å². The molecule has 4 aromatic rings. The summed E-state index contributed by atoms with van der Waals surface area (Å²) in [6.07, 6.45) is 3.39. The average Bonchev–Trinajstić information content (AvgIpc) is 3.14. The molecule has 4 heteroatoms. The van der Waals surface area contributed by atoms with Crippen LogP contribution < -0.4 is 5.32 Å². The highest BCUT2D eigenvalue weighted by Gasteiger charge is 2.28. The van der Waals surface area contributed by atoms with Crippen LogP contribution >= 0.6 is 0 Å². The Morgan fingerprint density at radius 1 is 0.875 bits per heavy atom. The summed E-state index contributed by atoms with van der Waals surface area (Å²) in [5.41, 5.74) is 5.82. The fraction of sp³-hybridized carbons (Fsp3) is 0.107. The molecule has 4 nitrogen and oxygen atoms in total. The van der Waals surface area contributed by atoms with Crippen LogP contribution in [0.15, 0.2) is 91.0 Å². The van der Waals surface area contributed by atoms with Gasteiger partial charge in [0.2, 0.25) is 0 Å². The third kappa shape index (κ3) is 3.95. The molecule has 0 heterocycles. The number of aromatic hydroxyl groups is 1. The first-order valence-corrected chi connectivity index (χ1v) is 10.7. The maximum atomic E-state index is 12.3. The summed E-state index contributed by atoms with van der Waals surface area (Å²) in [6.45, 7) is 0.673. The van der Waals surface area contributed by atoms with Crippen molar-refractivity contribution in [1.29, 1.82) is 0 Å². The number of phenols is 1. The van der Waals surface area contributed by atoms with E-state index in [2.05, 4.69) is 29.6 Å². The molecule has 0 unspecified atom stereocenters. The van der Waals surface area contributed by atoms with Crippen LogP contribution in [0.25, 0.3) is 28.0 Å². The Balaban J connectivity index is 1.18. The highest BCUT2D eigenvalue weighted by Crippen LogP contribution is 2.44. The lowest BCUT2D eigenvalue weighted by Crippen LogP contribution is -2.26. The van der Waals surface area contributed by atoms with Crippen molar-refractivity contribution in [1.82, 2.24) is 5.32 Å². The highest BCUT2D eigenvalue weighted by atomic mass is 16.5. The Kier molecular flexibility index (Phi) is 5.34. The van der Waals surface area contributed by atoms with E-state index in [0.29, 0.717) is 13.2 Å². The lowest BCUT2D eigenvalue weighted by molar-refractivity contribution is 0.144. The van der Waals surface area contributed by atoms with Crippen LogP contribution in [0.4, 0.5) is 4.79 Å². The standard InChI is InChI=1S/C28H23NO3/c30-22-14-13-20-12-11-19(16-21(20)17-22)6-5-15-29-28(31)32-18-27-25-9-3-1-7-23(25)24-8-2-4-10-26(24)27/h1-14,16-17,27,30H,15,18H2,(H,29,31). The van der Waals surface area contributed by atoms with Crippen molar-refractivity contribution in [3.8, 4) is 16.9 Å². The van der Waals surface area contributed by atoms with E-state index in [1.165, 1.54) is 22.3 Å². The molecule has 0 aromatic heterocycles. The van der Waals surface area contributed by atoms with Gasteiger partial charge in [-0.05, 0) is 56.8 Å². The Hall–Kier alpha value is -4.05. The van der Waals surface area contributed by atoms with E-state index in [1.54, 1.807) is 12.1 Å². The molecule has 5 rings (SSSR count). The van der Waals surface area contributed by atoms with E-state index in [4.69, 9.17) is 4.74 Å². The van der Waals surface area contributed by atoms with Crippen LogP contribution in [0.1, 0.15) is 22.6 Å². The zero-order chi connectivity index (χ0) is 21.9. The second-order valence-electron chi connectivity index (χ2n) is 7.90. The van der Waals surface area contributed by atoms with Crippen molar-refractivity contribution >= 4 is 22.9 Å². The summed E-state index contributed by atoms with van der Waals surface area (Å²) in [5, 5.41) is 14.5. The van der Waals surface area contributed by atoms with Gasteiger partial charge in [0.25, 0.3) is 0 Å². The first-order valence-electron chi connectivity index (χ1n) is 10.7. The Morgan fingerprint density at radius 3 is 2.31 bits per heavy atom. The van der Waals surface area contributed by atoms with E-state index < -0.39 is 6.09 Å². The van der Waals surface area contributed by atoms with Gasteiger partial charge in [-0.3, -0.25) is 0 Å². The van der Waals surface area contributed by atoms with Crippen LogP contribution in [-0.4, -0.2) is 24.4 Å². The van der Waals surface area contributed by atoms with Crippen LogP contribution in [-0.2, 0) is 4.74 Å². The minimum Gasteiger partial charge on any atom is -0.508 e. The smallest absolute Gasteiger partial charge is 0.407 e. The van der Waals surface area contributed by atoms with Gasteiger partial charge in [-0.15, -0.1) is 0 Å². The number of alkyl carbamates (subject to hydrolysis) is 1. The maximum Gasteiger partial charge on any atom is 0.407 e. The predicted octanol–water partition coefficient (Wildman–Crippen LogP) is 6.10. The molecule has 0 fully saturated rings. The Bertz CT molecular complexity index is 1280. The largest absolute Gasteiger partial charge is 0.508 e. The number of rotatable bonds is 5. The van der Waals surface area contributed by atoms with Gasteiger partial charge in [0.05, 0.1) is 0 Å². The summed E-state index contributed by atoms with van der Waals surface area (Å²) < 4.78 is 5.55. The van der Waals surface area contributed by atoms with Crippen molar-refractivity contribution in [2.45, 2.75) is 5.92 Å². The van der Waals surface area contributed by atoms with Gasteiger partial charge in [-0.2, -0.15) is 0 Å². The van der Waals surface area contributed by atoms with Crippen molar-refractivity contribution in [2.75, 3.05) is 13.2 Å². The van der Waals surface area contributed by atoms with Gasteiger partial charge in [-0.1, -0.05) is 78.9 Å². The Morgan fingerprint density at radius 2 is 1.56 bits per heavy atom. The zero-order valence-corrected chi connectivity index (χ0v) is 17.5. The van der Waals surface area contributed by atoms with Crippen LogP contribution in [0.2, 0.25) is 0 Å². The summed E-state index contributed by atoms with van der Waals surface area (Å²) in [4.78, 5) is 12.3. The van der Waals surface area contributed by atoms with Crippen LogP contribution in [0.5, 0.6) is 5.75 Å². The van der Waals surface area contributed by atoms with E-state index in [9.17, 15) is 9.90 Å². The molecule has 0 saturated carbocycles. The number of benzene rings is 4. The molecular weight excluding hydrogens is 398 g/mol. The average molecular weight is 421 g/mol. The molecular formula is C28H23NO3. The van der Waals surface area contributed by atoms with Crippen molar-refractivity contribution in [3.05, 3.63) is 108 Å². The molecule has 1 amide bonds. The number of fused-ring (bicyclic) bond motifs is 4. The predicted molar refractivity (Wildman–Crippen MR) is 128 cm³/mol. The van der Waals surface area contributed by atoms with E-state index in [0.717, 1.165) is 16.3 Å².